The van der Waals surface area contributed by atoms with Crippen LogP contribution in [0.15, 0.2) is 34.2 Å². The van der Waals surface area contributed by atoms with E-state index in [0.29, 0.717) is 24.5 Å². The third kappa shape index (κ3) is 9.72. The van der Waals surface area contributed by atoms with Crippen molar-refractivity contribution >= 4 is 40.0 Å². The van der Waals surface area contributed by atoms with Gasteiger partial charge in [0.2, 0.25) is 10.0 Å². The van der Waals surface area contributed by atoms with Crippen LogP contribution in [0.3, 0.4) is 0 Å². The van der Waals surface area contributed by atoms with Gasteiger partial charge in [-0.15, -0.1) is 24.0 Å². The van der Waals surface area contributed by atoms with Gasteiger partial charge < -0.3 is 10.6 Å². The molecule has 8 heteroatoms. The molecule has 3 N–H and O–H groups in total. The molecule has 0 heterocycles. The predicted octanol–water partition coefficient (Wildman–Crippen LogP) is 2.88. The van der Waals surface area contributed by atoms with E-state index in [0.717, 1.165) is 18.4 Å². The van der Waals surface area contributed by atoms with Crippen molar-refractivity contribution in [2.24, 2.45) is 10.9 Å². The highest BCUT2D eigenvalue weighted by Gasteiger charge is 2.13. The summed E-state index contributed by atoms with van der Waals surface area (Å²) in [6.45, 7) is 9.21. The van der Waals surface area contributed by atoms with Crippen LogP contribution in [0.4, 0.5) is 0 Å². The molecule has 1 aromatic carbocycles. The molecule has 150 valence electrons. The molecule has 1 atom stereocenters. The van der Waals surface area contributed by atoms with E-state index in [1.165, 1.54) is 0 Å². The van der Waals surface area contributed by atoms with Crippen molar-refractivity contribution in [3.63, 3.8) is 0 Å². The highest BCUT2D eigenvalue weighted by atomic mass is 127. The van der Waals surface area contributed by atoms with Crippen LogP contribution in [0.5, 0.6) is 0 Å². The van der Waals surface area contributed by atoms with Crippen LogP contribution < -0.4 is 15.4 Å². The molecule has 0 bridgehead atoms. The largest absolute Gasteiger partial charge is 0.355 e. The first-order valence-corrected chi connectivity index (χ1v) is 10.3. The average Bonchev–Trinajstić information content (AvgIpc) is 2.56. The molecule has 1 unspecified atom stereocenters. The second kappa shape index (κ2) is 12.5. The van der Waals surface area contributed by atoms with Crippen LogP contribution in [0.25, 0.3) is 0 Å². The van der Waals surface area contributed by atoms with Crippen LogP contribution in [0.1, 0.15) is 39.2 Å². The Morgan fingerprint density at radius 2 is 1.69 bits per heavy atom. The fourth-order valence-corrected chi connectivity index (χ4v) is 3.28. The summed E-state index contributed by atoms with van der Waals surface area (Å²) in [6, 6.07) is 7.12. The maximum atomic E-state index is 12.2. The maximum Gasteiger partial charge on any atom is 0.240 e. The second-order valence-corrected chi connectivity index (χ2v) is 8.49. The van der Waals surface area contributed by atoms with Crippen molar-refractivity contribution in [1.29, 1.82) is 0 Å². The number of nitrogens with zero attached hydrogens (tertiary/aromatic N) is 1. The molecule has 0 saturated carbocycles. The molecule has 0 aliphatic heterocycles. The van der Waals surface area contributed by atoms with Gasteiger partial charge in [0.05, 0.1) is 4.90 Å². The minimum absolute atomic E-state index is 0. The Labute approximate surface area is 175 Å². The fourth-order valence-electron chi connectivity index (χ4n) is 2.25. The number of aliphatic imine (C=N–C) groups is 1. The fraction of sp³-hybridized carbons (Fsp3) is 0.611. The van der Waals surface area contributed by atoms with Crippen molar-refractivity contribution in [3.8, 4) is 0 Å². The molecule has 0 spiro atoms. The highest BCUT2D eigenvalue weighted by Crippen LogP contribution is 2.09. The smallest absolute Gasteiger partial charge is 0.240 e. The minimum atomic E-state index is -3.47. The summed E-state index contributed by atoms with van der Waals surface area (Å²) in [6.07, 6.45) is 2.22. The molecule has 1 aromatic rings. The van der Waals surface area contributed by atoms with E-state index in [9.17, 15) is 8.42 Å². The molecule has 1 rings (SSSR count). The first kappa shape index (κ1) is 25.1. The molecule has 0 aliphatic rings. The number of rotatable bonds is 9. The Kier molecular flexibility index (Phi) is 12.1. The summed E-state index contributed by atoms with van der Waals surface area (Å²) >= 11 is 0. The van der Waals surface area contributed by atoms with Gasteiger partial charge in [-0.3, -0.25) is 4.99 Å². The van der Waals surface area contributed by atoms with E-state index in [-0.39, 0.29) is 35.4 Å². The Balaban J connectivity index is 0.00000625. The number of halogens is 1. The maximum absolute atomic E-state index is 12.2. The Hall–Kier alpha value is -0.870. The summed E-state index contributed by atoms with van der Waals surface area (Å²) in [5, 5.41) is 6.45. The van der Waals surface area contributed by atoms with Gasteiger partial charge in [0.1, 0.15) is 0 Å². The third-order valence-corrected chi connectivity index (χ3v) is 5.30. The van der Waals surface area contributed by atoms with Gasteiger partial charge in [-0.05, 0) is 44.7 Å². The standard InChI is InChI=1S/C18H32N4O2S.HI/c1-14(2)6-9-16(4)22-18(19-5)20-12-13-21-25(23,24)17-10-7-15(3)8-11-17;/h7-8,10-11,14,16,21H,6,9,12-13H2,1-5H3,(H2,19,20,22);1H. The predicted molar refractivity (Wildman–Crippen MR) is 120 cm³/mol. The number of sulfonamides is 1. The lowest BCUT2D eigenvalue weighted by Gasteiger charge is -2.18. The highest BCUT2D eigenvalue weighted by molar-refractivity contribution is 14.0. The summed E-state index contributed by atoms with van der Waals surface area (Å²) in [5.74, 6) is 1.36. The molecule has 0 aliphatic carbocycles. The van der Waals surface area contributed by atoms with Gasteiger partial charge in [-0.2, -0.15) is 0 Å². The van der Waals surface area contributed by atoms with Crippen LogP contribution >= 0.6 is 24.0 Å². The van der Waals surface area contributed by atoms with Gasteiger partial charge in [-0.1, -0.05) is 31.5 Å². The van der Waals surface area contributed by atoms with Crippen LogP contribution in [0, 0.1) is 12.8 Å². The van der Waals surface area contributed by atoms with E-state index in [2.05, 4.69) is 41.1 Å². The monoisotopic (exact) mass is 496 g/mol. The second-order valence-electron chi connectivity index (χ2n) is 6.73. The number of benzene rings is 1. The van der Waals surface area contributed by atoms with Crippen molar-refractivity contribution in [1.82, 2.24) is 15.4 Å². The molecule has 0 fully saturated rings. The first-order chi connectivity index (χ1) is 11.7. The van der Waals surface area contributed by atoms with Crippen LogP contribution in [0.2, 0.25) is 0 Å². The van der Waals surface area contributed by atoms with Gasteiger partial charge in [0.15, 0.2) is 5.96 Å². The average molecular weight is 496 g/mol. The number of hydrogen-bond acceptors (Lipinski definition) is 3. The molecule has 0 radical (unpaired) electrons. The van der Waals surface area contributed by atoms with E-state index < -0.39 is 10.0 Å². The molecule has 26 heavy (non-hydrogen) atoms. The molecule has 0 saturated heterocycles. The summed E-state index contributed by atoms with van der Waals surface area (Å²) in [7, 11) is -1.76. The molecule has 0 aromatic heterocycles. The van der Waals surface area contributed by atoms with Gasteiger partial charge in [0, 0.05) is 26.2 Å². The van der Waals surface area contributed by atoms with E-state index in [1.54, 1.807) is 31.3 Å². The summed E-state index contributed by atoms with van der Waals surface area (Å²) in [4.78, 5) is 4.45. The van der Waals surface area contributed by atoms with Crippen molar-refractivity contribution in [3.05, 3.63) is 29.8 Å². The Bertz CT molecular complexity index is 646. The zero-order valence-corrected chi connectivity index (χ0v) is 19.5. The summed E-state index contributed by atoms with van der Waals surface area (Å²) < 4.78 is 27.0. The van der Waals surface area contributed by atoms with E-state index in [4.69, 9.17) is 0 Å². The molecule has 0 amide bonds. The minimum Gasteiger partial charge on any atom is -0.355 e. The zero-order valence-electron chi connectivity index (χ0n) is 16.4. The Morgan fingerprint density at radius 1 is 1.08 bits per heavy atom. The number of hydrogen-bond donors (Lipinski definition) is 3. The van der Waals surface area contributed by atoms with Crippen molar-refractivity contribution < 1.29 is 8.42 Å². The third-order valence-electron chi connectivity index (χ3n) is 3.82. The lowest BCUT2D eigenvalue weighted by molar-refractivity contribution is 0.489. The quantitative estimate of drug-likeness (QED) is 0.213. The van der Waals surface area contributed by atoms with Crippen molar-refractivity contribution in [2.75, 3.05) is 20.1 Å². The van der Waals surface area contributed by atoms with E-state index >= 15 is 0 Å². The lowest BCUT2D eigenvalue weighted by Crippen LogP contribution is -2.44. The molecular formula is C18H33IN4O2S. The van der Waals surface area contributed by atoms with Gasteiger partial charge in [-0.25, -0.2) is 13.1 Å². The van der Waals surface area contributed by atoms with Crippen molar-refractivity contribution in [2.45, 2.75) is 51.5 Å². The van der Waals surface area contributed by atoms with Gasteiger partial charge in [0.25, 0.3) is 0 Å². The Morgan fingerprint density at radius 3 is 2.23 bits per heavy atom. The SMILES string of the molecule is CN=C(NCCNS(=O)(=O)c1ccc(C)cc1)NC(C)CCC(C)C.I. The topological polar surface area (TPSA) is 82.6 Å². The molecular weight excluding hydrogens is 463 g/mol. The number of guanidine groups is 1. The number of nitrogens with one attached hydrogen (secondary N) is 3. The lowest BCUT2D eigenvalue weighted by atomic mass is 10.0. The van der Waals surface area contributed by atoms with Crippen LogP contribution in [-0.2, 0) is 10.0 Å². The molecule has 6 nitrogen and oxygen atoms in total. The zero-order chi connectivity index (χ0) is 18.9. The van der Waals surface area contributed by atoms with Gasteiger partial charge >= 0.3 is 0 Å². The number of aryl methyl sites for hydroxylation is 1. The van der Waals surface area contributed by atoms with E-state index in [1.807, 2.05) is 6.92 Å². The normalized spacial score (nSPS) is 13.2. The first-order valence-electron chi connectivity index (χ1n) is 8.78. The van der Waals surface area contributed by atoms with Crippen LogP contribution in [-0.4, -0.2) is 40.6 Å². The summed E-state index contributed by atoms with van der Waals surface area (Å²) in [5.41, 5.74) is 1.03.